The van der Waals surface area contributed by atoms with E-state index in [0.29, 0.717) is 0 Å². The van der Waals surface area contributed by atoms with Crippen molar-refractivity contribution >= 4 is 6.29 Å². The Balaban J connectivity index is 1.77. The standard InChI is InChI=1S/C14H24O/c15-12-4-5-13-6-10-14(11-7-13)8-2-1-3-9-14/h12-13H,1-11H2. The van der Waals surface area contributed by atoms with E-state index in [1.165, 1.54) is 57.8 Å². The van der Waals surface area contributed by atoms with Crippen LogP contribution >= 0.6 is 0 Å². The summed E-state index contributed by atoms with van der Waals surface area (Å²) in [5.74, 6) is 0.864. The average Bonchev–Trinajstić information content (AvgIpc) is 2.30. The van der Waals surface area contributed by atoms with E-state index in [2.05, 4.69) is 0 Å². The lowest BCUT2D eigenvalue weighted by Gasteiger charge is -2.43. The second-order valence-corrected chi connectivity index (χ2v) is 5.75. The van der Waals surface area contributed by atoms with Crippen molar-refractivity contribution in [2.45, 2.75) is 70.6 Å². The number of hydrogen-bond acceptors (Lipinski definition) is 1. The van der Waals surface area contributed by atoms with Gasteiger partial charge in [0, 0.05) is 6.42 Å². The van der Waals surface area contributed by atoms with Crippen molar-refractivity contribution in [3.63, 3.8) is 0 Å². The van der Waals surface area contributed by atoms with E-state index in [1.807, 2.05) is 0 Å². The maximum absolute atomic E-state index is 10.3. The van der Waals surface area contributed by atoms with Gasteiger partial charge in [-0.2, -0.15) is 0 Å². The Morgan fingerprint density at radius 3 is 2.27 bits per heavy atom. The summed E-state index contributed by atoms with van der Waals surface area (Å²) in [4.78, 5) is 10.3. The molecule has 1 spiro atoms. The lowest BCUT2D eigenvalue weighted by molar-refractivity contribution is -0.108. The van der Waals surface area contributed by atoms with Crippen molar-refractivity contribution in [3.05, 3.63) is 0 Å². The third kappa shape index (κ3) is 2.83. The summed E-state index contributed by atoms with van der Waals surface area (Å²) in [5, 5.41) is 0. The molecule has 0 aromatic rings. The van der Waals surface area contributed by atoms with Gasteiger partial charge in [0.05, 0.1) is 0 Å². The van der Waals surface area contributed by atoms with Gasteiger partial charge in [0.25, 0.3) is 0 Å². The van der Waals surface area contributed by atoms with Gasteiger partial charge >= 0.3 is 0 Å². The van der Waals surface area contributed by atoms with Crippen LogP contribution in [-0.2, 0) is 4.79 Å². The van der Waals surface area contributed by atoms with Gasteiger partial charge in [-0.05, 0) is 56.3 Å². The fourth-order valence-electron chi connectivity index (χ4n) is 3.68. The van der Waals surface area contributed by atoms with Gasteiger partial charge in [-0.3, -0.25) is 0 Å². The number of aldehydes is 1. The summed E-state index contributed by atoms with van der Waals surface area (Å²) >= 11 is 0. The first-order chi connectivity index (χ1) is 7.35. The predicted molar refractivity (Wildman–Crippen MR) is 62.8 cm³/mol. The van der Waals surface area contributed by atoms with Crippen LogP contribution in [0.5, 0.6) is 0 Å². The number of rotatable bonds is 3. The lowest BCUT2D eigenvalue weighted by Crippen LogP contribution is -2.29. The highest BCUT2D eigenvalue weighted by molar-refractivity contribution is 5.49. The molecular formula is C14H24O. The topological polar surface area (TPSA) is 17.1 Å². The van der Waals surface area contributed by atoms with Crippen molar-refractivity contribution < 1.29 is 4.79 Å². The van der Waals surface area contributed by atoms with Crippen LogP contribution in [0.3, 0.4) is 0 Å². The SMILES string of the molecule is O=CCCC1CCC2(CCCCC2)CC1. The van der Waals surface area contributed by atoms with Gasteiger partial charge in [0.15, 0.2) is 0 Å². The zero-order valence-electron chi connectivity index (χ0n) is 9.84. The highest BCUT2D eigenvalue weighted by atomic mass is 16.1. The Kier molecular flexibility index (Phi) is 3.82. The summed E-state index contributed by atoms with van der Waals surface area (Å²) in [6, 6.07) is 0. The maximum Gasteiger partial charge on any atom is 0.120 e. The normalized spacial score (nSPS) is 26.7. The molecule has 2 saturated carbocycles. The van der Waals surface area contributed by atoms with Crippen LogP contribution < -0.4 is 0 Å². The molecule has 1 nitrogen and oxygen atoms in total. The van der Waals surface area contributed by atoms with Crippen LogP contribution in [0.25, 0.3) is 0 Å². The van der Waals surface area contributed by atoms with Crippen LogP contribution in [-0.4, -0.2) is 6.29 Å². The van der Waals surface area contributed by atoms with Gasteiger partial charge in [0.1, 0.15) is 6.29 Å². The van der Waals surface area contributed by atoms with Gasteiger partial charge in [-0.25, -0.2) is 0 Å². The molecule has 2 rings (SSSR count). The second-order valence-electron chi connectivity index (χ2n) is 5.75. The molecule has 2 aliphatic carbocycles. The fourth-order valence-corrected chi connectivity index (χ4v) is 3.68. The Labute approximate surface area is 93.6 Å². The van der Waals surface area contributed by atoms with E-state index >= 15 is 0 Å². The largest absolute Gasteiger partial charge is 0.303 e. The number of carbonyl (C=O) groups excluding carboxylic acids is 1. The summed E-state index contributed by atoms with van der Waals surface area (Å²) in [6.45, 7) is 0. The second kappa shape index (κ2) is 5.14. The molecule has 0 radical (unpaired) electrons. The highest BCUT2D eigenvalue weighted by Crippen LogP contribution is 2.49. The summed E-state index contributed by atoms with van der Waals surface area (Å²) in [7, 11) is 0. The molecule has 0 aromatic carbocycles. The molecule has 0 bridgehead atoms. The van der Waals surface area contributed by atoms with E-state index in [1.54, 1.807) is 0 Å². The highest BCUT2D eigenvalue weighted by Gasteiger charge is 2.35. The third-order valence-electron chi connectivity index (χ3n) is 4.77. The molecule has 0 saturated heterocycles. The van der Waals surface area contributed by atoms with Gasteiger partial charge < -0.3 is 4.79 Å². The smallest absolute Gasteiger partial charge is 0.120 e. The molecule has 1 heteroatoms. The number of carbonyl (C=O) groups is 1. The molecule has 0 amide bonds. The van der Waals surface area contributed by atoms with E-state index in [-0.39, 0.29) is 0 Å². The summed E-state index contributed by atoms with van der Waals surface area (Å²) in [5.41, 5.74) is 0.746. The predicted octanol–water partition coefficient (Wildman–Crippen LogP) is 4.11. The summed E-state index contributed by atoms with van der Waals surface area (Å²) in [6.07, 6.45) is 16.1. The zero-order valence-corrected chi connectivity index (χ0v) is 9.84. The molecule has 0 atom stereocenters. The molecule has 0 aliphatic heterocycles. The quantitative estimate of drug-likeness (QED) is 0.638. The molecule has 0 aromatic heterocycles. The Morgan fingerprint density at radius 1 is 1.00 bits per heavy atom. The van der Waals surface area contributed by atoms with Crippen LogP contribution in [0.2, 0.25) is 0 Å². The van der Waals surface area contributed by atoms with Gasteiger partial charge in [0.2, 0.25) is 0 Å². The van der Waals surface area contributed by atoms with Gasteiger partial charge in [-0.1, -0.05) is 19.3 Å². The minimum Gasteiger partial charge on any atom is -0.303 e. The zero-order chi connectivity index (χ0) is 10.6. The van der Waals surface area contributed by atoms with Crippen molar-refractivity contribution in [1.29, 1.82) is 0 Å². The summed E-state index contributed by atoms with van der Waals surface area (Å²) < 4.78 is 0. The van der Waals surface area contributed by atoms with Gasteiger partial charge in [-0.15, -0.1) is 0 Å². The van der Waals surface area contributed by atoms with Crippen LogP contribution in [0.15, 0.2) is 0 Å². The molecule has 0 N–H and O–H groups in total. The first-order valence-electron chi connectivity index (χ1n) is 6.78. The van der Waals surface area contributed by atoms with Crippen molar-refractivity contribution in [3.8, 4) is 0 Å². The Hall–Kier alpha value is -0.330. The third-order valence-corrected chi connectivity index (χ3v) is 4.77. The molecule has 15 heavy (non-hydrogen) atoms. The first kappa shape index (κ1) is 11.2. The minimum absolute atomic E-state index is 0.746. The fraction of sp³-hybridized carbons (Fsp3) is 0.929. The van der Waals surface area contributed by atoms with Crippen LogP contribution in [0, 0.1) is 11.3 Å². The number of hydrogen-bond donors (Lipinski definition) is 0. The Morgan fingerprint density at radius 2 is 1.67 bits per heavy atom. The monoisotopic (exact) mass is 208 g/mol. The molecule has 0 heterocycles. The van der Waals surface area contributed by atoms with Crippen molar-refractivity contribution in [2.24, 2.45) is 11.3 Å². The molecular weight excluding hydrogens is 184 g/mol. The van der Waals surface area contributed by atoms with Crippen molar-refractivity contribution in [2.75, 3.05) is 0 Å². The Bertz CT molecular complexity index is 193. The maximum atomic E-state index is 10.3. The van der Waals surface area contributed by atoms with Crippen molar-refractivity contribution in [1.82, 2.24) is 0 Å². The van der Waals surface area contributed by atoms with Crippen LogP contribution in [0.4, 0.5) is 0 Å². The van der Waals surface area contributed by atoms with E-state index in [9.17, 15) is 4.79 Å². The molecule has 0 unspecified atom stereocenters. The molecule has 86 valence electrons. The average molecular weight is 208 g/mol. The molecule has 2 aliphatic rings. The van der Waals surface area contributed by atoms with Crippen LogP contribution in [0.1, 0.15) is 70.6 Å². The van der Waals surface area contributed by atoms with E-state index in [0.717, 1.165) is 30.5 Å². The minimum atomic E-state index is 0.746. The van der Waals surface area contributed by atoms with E-state index in [4.69, 9.17) is 0 Å². The molecule has 2 fully saturated rings. The van der Waals surface area contributed by atoms with E-state index < -0.39 is 0 Å². The first-order valence-corrected chi connectivity index (χ1v) is 6.78. The lowest BCUT2D eigenvalue weighted by atomic mass is 9.63.